The fraction of sp³-hybridized carbons (Fsp3) is 0.353. The fourth-order valence-electron chi connectivity index (χ4n) is 2.43. The molecule has 0 radical (unpaired) electrons. The number of allylic oxidation sites excluding steroid dienone is 1. The van der Waals surface area contributed by atoms with Gasteiger partial charge in [0, 0.05) is 12.2 Å². The minimum atomic E-state index is -0.297. The third kappa shape index (κ3) is 4.20. The van der Waals surface area contributed by atoms with Gasteiger partial charge in [0.15, 0.2) is 0 Å². The van der Waals surface area contributed by atoms with Gasteiger partial charge in [0.05, 0.1) is 18.0 Å². The Bertz CT molecular complexity index is 682. The molecule has 0 saturated carbocycles. The lowest BCUT2D eigenvalue weighted by atomic mass is 10.1. The van der Waals surface area contributed by atoms with Crippen LogP contribution in [0.15, 0.2) is 49.3 Å². The van der Waals surface area contributed by atoms with E-state index in [1.807, 2.05) is 37.3 Å². The highest BCUT2D eigenvalue weighted by molar-refractivity contribution is 5.94. The molecule has 1 aromatic carbocycles. The third-order valence-electron chi connectivity index (χ3n) is 3.89. The van der Waals surface area contributed by atoms with Crippen molar-refractivity contribution in [3.63, 3.8) is 0 Å². The highest BCUT2D eigenvalue weighted by atomic mass is 16.5. The van der Waals surface area contributed by atoms with Crippen LogP contribution in [0, 0.1) is 0 Å². The van der Waals surface area contributed by atoms with Crippen molar-refractivity contribution in [3.8, 4) is 5.69 Å². The Hall–Kier alpha value is -2.67. The van der Waals surface area contributed by atoms with Crippen molar-refractivity contribution in [1.29, 1.82) is 0 Å². The quantitative estimate of drug-likeness (QED) is 0.846. The summed E-state index contributed by atoms with van der Waals surface area (Å²) < 4.78 is 7.15. The average molecular weight is 327 g/mol. The molecule has 1 aliphatic rings. The van der Waals surface area contributed by atoms with Gasteiger partial charge in [-0.25, -0.2) is 9.67 Å². The fourth-order valence-corrected chi connectivity index (χ4v) is 2.43. The molecule has 3 rings (SSSR count). The number of carbonyl (C=O) groups excluding carboxylic acids is 1. The second-order valence-corrected chi connectivity index (χ2v) is 5.71. The van der Waals surface area contributed by atoms with E-state index >= 15 is 0 Å². The Morgan fingerprint density at radius 2 is 2.25 bits per heavy atom. The van der Waals surface area contributed by atoms with Gasteiger partial charge in [-0.3, -0.25) is 4.79 Å². The molecule has 0 bridgehead atoms. The highest BCUT2D eigenvalue weighted by Gasteiger charge is 2.16. The summed E-state index contributed by atoms with van der Waals surface area (Å²) in [4.78, 5) is 16.2. The number of ether oxygens (including phenoxy) is 1. The van der Waals surface area contributed by atoms with E-state index in [-0.39, 0.29) is 18.1 Å². The first kappa shape index (κ1) is 16.2. The van der Waals surface area contributed by atoms with Gasteiger partial charge in [-0.1, -0.05) is 0 Å². The van der Waals surface area contributed by atoms with Crippen LogP contribution in [0.2, 0.25) is 0 Å². The molecule has 2 atom stereocenters. The van der Waals surface area contributed by atoms with Crippen LogP contribution >= 0.6 is 0 Å². The second kappa shape index (κ2) is 7.74. The van der Waals surface area contributed by atoms with E-state index in [4.69, 9.17) is 4.74 Å². The number of hydrogen-bond acceptors (Lipinski definition) is 5. The van der Waals surface area contributed by atoms with Gasteiger partial charge in [-0.05, 0) is 50.1 Å². The van der Waals surface area contributed by atoms with Crippen LogP contribution < -0.4 is 10.6 Å². The molecule has 2 heterocycles. The van der Waals surface area contributed by atoms with E-state index in [9.17, 15) is 4.79 Å². The molecule has 24 heavy (non-hydrogen) atoms. The summed E-state index contributed by atoms with van der Waals surface area (Å²) in [7, 11) is 0. The van der Waals surface area contributed by atoms with Crippen molar-refractivity contribution in [1.82, 2.24) is 20.1 Å². The van der Waals surface area contributed by atoms with E-state index in [2.05, 4.69) is 20.7 Å². The number of hydrogen-bond donors (Lipinski definition) is 2. The molecule has 1 aromatic heterocycles. The van der Waals surface area contributed by atoms with Crippen LogP contribution in [0.5, 0.6) is 0 Å². The lowest BCUT2D eigenvalue weighted by Crippen LogP contribution is -2.42. The Kier molecular flexibility index (Phi) is 5.22. The van der Waals surface area contributed by atoms with Crippen molar-refractivity contribution >= 4 is 11.6 Å². The zero-order valence-electron chi connectivity index (χ0n) is 13.6. The maximum atomic E-state index is 12.2. The number of carbonyl (C=O) groups is 1. The number of aromatic nitrogens is 3. The van der Waals surface area contributed by atoms with E-state index in [0.29, 0.717) is 6.54 Å². The monoisotopic (exact) mass is 327 g/mol. The maximum absolute atomic E-state index is 12.2. The van der Waals surface area contributed by atoms with Gasteiger partial charge in [0.25, 0.3) is 0 Å². The zero-order valence-corrected chi connectivity index (χ0v) is 13.6. The minimum Gasteiger partial charge on any atom is -0.497 e. The summed E-state index contributed by atoms with van der Waals surface area (Å²) in [6.45, 7) is 2.50. The first-order valence-electron chi connectivity index (χ1n) is 8.02. The van der Waals surface area contributed by atoms with E-state index in [1.165, 1.54) is 6.33 Å². The molecule has 126 valence electrons. The molecule has 0 unspecified atom stereocenters. The molecule has 1 aliphatic heterocycles. The molecule has 1 amide bonds. The Labute approximate surface area is 140 Å². The van der Waals surface area contributed by atoms with E-state index in [0.717, 1.165) is 24.2 Å². The first-order valence-corrected chi connectivity index (χ1v) is 8.02. The summed E-state index contributed by atoms with van der Waals surface area (Å²) >= 11 is 0. The van der Waals surface area contributed by atoms with Crippen molar-refractivity contribution in [3.05, 3.63) is 49.3 Å². The second-order valence-electron chi connectivity index (χ2n) is 5.71. The molecule has 0 fully saturated rings. The summed E-state index contributed by atoms with van der Waals surface area (Å²) in [5, 5.41) is 10.2. The number of amides is 1. The van der Waals surface area contributed by atoms with Gasteiger partial charge in [-0.15, -0.1) is 0 Å². The van der Waals surface area contributed by atoms with E-state index in [1.54, 1.807) is 17.3 Å². The zero-order chi connectivity index (χ0) is 16.8. The lowest BCUT2D eigenvalue weighted by molar-refractivity contribution is -0.117. The molecule has 2 aromatic rings. The smallest absolute Gasteiger partial charge is 0.241 e. The molecule has 0 spiro atoms. The average Bonchev–Trinajstić information content (AvgIpc) is 3.16. The predicted octanol–water partition coefficient (Wildman–Crippen LogP) is 1.88. The maximum Gasteiger partial charge on any atom is 0.241 e. The van der Waals surface area contributed by atoms with E-state index < -0.39 is 0 Å². The summed E-state index contributed by atoms with van der Waals surface area (Å²) in [5.74, 6) is -0.0742. The van der Waals surface area contributed by atoms with Crippen LogP contribution in [0.3, 0.4) is 0 Å². The molecular formula is C17H21N5O2. The molecule has 0 aliphatic carbocycles. The van der Waals surface area contributed by atoms with Crippen LogP contribution in [-0.2, 0) is 9.53 Å². The SMILES string of the molecule is C[C@@H](NC[C@H]1CCC=CO1)C(=O)Nc1ccc(-n2cncn2)cc1. The van der Waals surface area contributed by atoms with Gasteiger partial charge in [0.1, 0.15) is 18.8 Å². The number of rotatable bonds is 6. The third-order valence-corrected chi connectivity index (χ3v) is 3.89. The van der Waals surface area contributed by atoms with Crippen LogP contribution in [-0.4, -0.2) is 39.4 Å². The summed E-state index contributed by atoms with van der Waals surface area (Å²) in [6, 6.07) is 7.15. The van der Waals surface area contributed by atoms with Crippen molar-refractivity contribution in [2.75, 3.05) is 11.9 Å². The number of benzene rings is 1. The van der Waals surface area contributed by atoms with Crippen molar-refractivity contribution in [2.24, 2.45) is 0 Å². The summed E-state index contributed by atoms with van der Waals surface area (Å²) in [5.41, 5.74) is 1.63. The Morgan fingerprint density at radius 1 is 1.42 bits per heavy atom. The van der Waals surface area contributed by atoms with Gasteiger partial charge in [-0.2, -0.15) is 5.10 Å². The van der Waals surface area contributed by atoms with Crippen LogP contribution in [0.4, 0.5) is 5.69 Å². The summed E-state index contributed by atoms with van der Waals surface area (Å²) in [6.07, 6.45) is 8.98. The molecule has 0 saturated heterocycles. The molecular weight excluding hydrogens is 306 g/mol. The lowest BCUT2D eigenvalue weighted by Gasteiger charge is -2.22. The molecule has 7 heteroatoms. The Morgan fingerprint density at radius 3 is 2.92 bits per heavy atom. The number of anilines is 1. The number of nitrogens with zero attached hydrogens (tertiary/aromatic N) is 3. The minimum absolute atomic E-state index is 0.0742. The largest absolute Gasteiger partial charge is 0.497 e. The van der Waals surface area contributed by atoms with Crippen LogP contribution in [0.25, 0.3) is 5.69 Å². The highest BCUT2D eigenvalue weighted by Crippen LogP contribution is 2.13. The van der Waals surface area contributed by atoms with Gasteiger partial charge >= 0.3 is 0 Å². The van der Waals surface area contributed by atoms with Crippen molar-refractivity contribution in [2.45, 2.75) is 31.9 Å². The molecule has 2 N–H and O–H groups in total. The first-order chi connectivity index (χ1) is 11.7. The van der Waals surface area contributed by atoms with Crippen LogP contribution in [0.1, 0.15) is 19.8 Å². The Balaban J connectivity index is 1.49. The van der Waals surface area contributed by atoms with Crippen molar-refractivity contribution < 1.29 is 9.53 Å². The van der Waals surface area contributed by atoms with Gasteiger partial charge in [0.2, 0.25) is 5.91 Å². The predicted molar refractivity (Wildman–Crippen MR) is 90.7 cm³/mol. The molecule has 7 nitrogen and oxygen atoms in total. The number of nitrogens with one attached hydrogen (secondary N) is 2. The topological polar surface area (TPSA) is 81.1 Å². The normalized spacial score (nSPS) is 18.0. The standard InChI is InChI=1S/C17H21N5O2/c1-13(19-10-16-4-2-3-9-24-16)17(23)21-14-5-7-15(8-6-14)22-12-18-11-20-22/h3,5-9,11-13,16,19H,2,4,10H2,1H3,(H,21,23)/t13-,16-/m1/s1. The van der Waals surface area contributed by atoms with Gasteiger partial charge < -0.3 is 15.4 Å².